The van der Waals surface area contributed by atoms with Crippen molar-refractivity contribution in [1.82, 2.24) is 14.8 Å². The maximum atomic E-state index is 13.7. The van der Waals surface area contributed by atoms with Gasteiger partial charge in [-0.1, -0.05) is 54.6 Å². The molecule has 0 bridgehead atoms. The molecule has 5 rings (SSSR count). The molecule has 2 heterocycles. The zero-order valence-corrected chi connectivity index (χ0v) is 19.3. The number of carbonyl (C=O) groups excluding carboxylic acids is 1. The van der Waals surface area contributed by atoms with Gasteiger partial charge in [-0.05, 0) is 47.0 Å². The van der Waals surface area contributed by atoms with Crippen LogP contribution in [0.4, 0.5) is 4.79 Å². The molecule has 6 nitrogen and oxygen atoms in total. The van der Waals surface area contributed by atoms with Crippen molar-refractivity contribution < 1.29 is 14.3 Å². The lowest BCUT2D eigenvalue weighted by Gasteiger charge is -2.31. The summed E-state index contributed by atoms with van der Waals surface area (Å²) in [5, 5.41) is 3.12. The summed E-state index contributed by atoms with van der Waals surface area (Å²) in [4.78, 5) is 15.6. The summed E-state index contributed by atoms with van der Waals surface area (Å²) in [7, 11) is 3.24. The molecule has 0 aliphatic carbocycles. The number of para-hydroxylation sites is 1. The molecule has 1 N–H and O–H groups in total. The van der Waals surface area contributed by atoms with Crippen molar-refractivity contribution >= 4 is 6.03 Å². The smallest absolute Gasteiger partial charge is 0.318 e. The van der Waals surface area contributed by atoms with E-state index in [9.17, 15) is 4.79 Å². The Bertz CT molecular complexity index is 1300. The normalized spacial score (nSPS) is 14.5. The number of nitrogens with one attached hydrogen (secondary N) is 1. The Balaban J connectivity index is 1.59. The zero-order chi connectivity index (χ0) is 23.5. The van der Waals surface area contributed by atoms with Gasteiger partial charge in [0.2, 0.25) is 0 Å². The quantitative estimate of drug-likeness (QED) is 0.446. The molecule has 1 aromatic heterocycles. The molecular formula is C28H27N3O3. The van der Waals surface area contributed by atoms with Crippen LogP contribution in [0.1, 0.15) is 28.4 Å². The van der Waals surface area contributed by atoms with Gasteiger partial charge in [0.05, 0.1) is 32.5 Å². The Hall–Kier alpha value is -4.19. The number of amides is 2. The lowest BCUT2D eigenvalue weighted by Crippen LogP contribution is -2.41. The SMILES string of the molecule is COc1ccc([C@@H]2c3cccn3-c3ccccc3CN2C(=O)NCc2ccccc2)cc1OC. The third-order valence-corrected chi connectivity index (χ3v) is 6.23. The average molecular weight is 454 g/mol. The summed E-state index contributed by atoms with van der Waals surface area (Å²) in [5.74, 6) is 1.28. The predicted octanol–water partition coefficient (Wildman–Crippen LogP) is 5.31. The second kappa shape index (κ2) is 9.35. The topological polar surface area (TPSA) is 55.7 Å². The minimum Gasteiger partial charge on any atom is -0.493 e. The molecule has 0 radical (unpaired) electrons. The van der Waals surface area contributed by atoms with Gasteiger partial charge < -0.3 is 24.3 Å². The Morgan fingerprint density at radius 2 is 1.68 bits per heavy atom. The number of hydrogen-bond donors (Lipinski definition) is 1. The molecule has 2 amide bonds. The Labute approximate surface area is 199 Å². The summed E-state index contributed by atoms with van der Waals surface area (Å²) >= 11 is 0. The highest BCUT2D eigenvalue weighted by molar-refractivity contribution is 5.76. The number of ether oxygens (including phenoxy) is 2. The molecule has 1 aliphatic rings. The highest BCUT2D eigenvalue weighted by Crippen LogP contribution is 2.39. The van der Waals surface area contributed by atoms with E-state index in [1.54, 1.807) is 14.2 Å². The summed E-state index contributed by atoms with van der Waals surface area (Å²) in [5.41, 5.74) is 5.16. The van der Waals surface area contributed by atoms with Crippen molar-refractivity contribution in [1.29, 1.82) is 0 Å². The van der Waals surface area contributed by atoms with Crippen molar-refractivity contribution in [3.8, 4) is 17.2 Å². The van der Waals surface area contributed by atoms with Gasteiger partial charge in [-0.3, -0.25) is 0 Å². The van der Waals surface area contributed by atoms with Gasteiger partial charge in [-0.25, -0.2) is 4.79 Å². The van der Waals surface area contributed by atoms with E-state index in [0.717, 1.165) is 28.1 Å². The van der Waals surface area contributed by atoms with Crippen LogP contribution < -0.4 is 14.8 Å². The molecule has 0 unspecified atom stereocenters. The molecule has 4 aromatic rings. The van der Waals surface area contributed by atoms with Gasteiger partial charge in [0.25, 0.3) is 0 Å². The molecule has 0 spiro atoms. The minimum absolute atomic E-state index is 0.131. The molecule has 0 saturated heterocycles. The fourth-order valence-electron chi connectivity index (χ4n) is 4.59. The molecule has 172 valence electrons. The van der Waals surface area contributed by atoms with Crippen LogP contribution in [0.25, 0.3) is 5.69 Å². The van der Waals surface area contributed by atoms with E-state index < -0.39 is 0 Å². The van der Waals surface area contributed by atoms with Crippen LogP contribution in [0.15, 0.2) is 91.1 Å². The molecule has 3 aromatic carbocycles. The highest BCUT2D eigenvalue weighted by atomic mass is 16.5. The number of carbonyl (C=O) groups is 1. The number of fused-ring (bicyclic) bond motifs is 3. The fraction of sp³-hybridized carbons (Fsp3) is 0.179. The van der Waals surface area contributed by atoms with E-state index in [-0.39, 0.29) is 12.1 Å². The van der Waals surface area contributed by atoms with Crippen LogP contribution in [0, 0.1) is 0 Å². The van der Waals surface area contributed by atoms with Crippen LogP contribution in [-0.4, -0.2) is 29.7 Å². The van der Waals surface area contributed by atoms with Crippen molar-refractivity contribution in [2.45, 2.75) is 19.1 Å². The number of benzene rings is 3. The van der Waals surface area contributed by atoms with Gasteiger partial charge in [-0.15, -0.1) is 0 Å². The van der Waals surface area contributed by atoms with Gasteiger partial charge in [-0.2, -0.15) is 0 Å². The number of methoxy groups -OCH3 is 2. The van der Waals surface area contributed by atoms with Gasteiger partial charge in [0, 0.05) is 18.4 Å². The third-order valence-electron chi connectivity index (χ3n) is 6.23. The first kappa shape index (κ1) is 21.6. The molecule has 0 saturated carbocycles. The van der Waals surface area contributed by atoms with Crippen molar-refractivity contribution in [3.05, 3.63) is 114 Å². The van der Waals surface area contributed by atoms with Crippen LogP contribution in [0.5, 0.6) is 11.5 Å². The lowest BCUT2D eigenvalue weighted by molar-refractivity contribution is 0.180. The molecule has 6 heteroatoms. The van der Waals surface area contributed by atoms with E-state index in [4.69, 9.17) is 9.47 Å². The molecular weight excluding hydrogens is 426 g/mol. The Morgan fingerprint density at radius 3 is 2.47 bits per heavy atom. The first-order valence-electron chi connectivity index (χ1n) is 11.3. The lowest BCUT2D eigenvalue weighted by atomic mass is 10.0. The summed E-state index contributed by atoms with van der Waals surface area (Å²) in [6.45, 7) is 0.926. The summed E-state index contributed by atoms with van der Waals surface area (Å²) in [6.07, 6.45) is 2.05. The minimum atomic E-state index is -0.321. The first-order valence-corrected chi connectivity index (χ1v) is 11.3. The first-order chi connectivity index (χ1) is 16.7. The van der Waals surface area contributed by atoms with Crippen molar-refractivity contribution in [3.63, 3.8) is 0 Å². The highest BCUT2D eigenvalue weighted by Gasteiger charge is 2.33. The van der Waals surface area contributed by atoms with Crippen molar-refractivity contribution in [2.75, 3.05) is 14.2 Å². The standard InChI is InChI=1S/C28H27N3O3/c1-33-25-15-14-21(17-26(25)34-2)27-24-13-8-16-30(24)23-12-7-6-11-22(23)19-31(27)28(32)29-18-20-9-4-3-5-10-20/h3-17,27H,18-19H2,1-2H3,(H,29,32)/t27-/m1/s1. The van der Waals surface area contributed by atoms with Crippen LogP contribution in [-0.2, 0) is 13.1 Å². The largest absolute Gasteiger partial charge is 0.493 e. The predicted molar refractivity (Wildman–Crippen MR) is 131 cm³/mol. The average Bonchev–Trinajstić information content (AvgIpc) is 3.31. The van der Waals surface area contributed by atoms with E-state index in [0.29, 0.717) is 24.6 Å². The van der Waals surface area contributed by atoms with E-state index in [1.165, 1.54) is 0 Å². The second-order valence-electron chi connectivity index (χ2n) is 8.22. The molecule has 1 atom stereocenters. The maximum Gasteiger partial charge on any atom is 0.318 e. The zero-order valence-electron chi connectivity index (χ0n) is 19.3. The number of aromatic nitrogens is 1. The van der Waals surface area contributed by atoms with Gasteiger partial charge >= 0.3 is 6.03 Å². The molecule has 1 aliphatic heterocycles. The molecule has 0 fully saturated rings. The van der Waals surface area contributed by atoms with Gasteiger partial charge in [0.15, 0.2) is 11.5 Å². The second-order valence-corrected chi connectivity index (χ2v) is 8.22. The van der Waals surface area contributed by atoms with E-state index in [1.807, 2.05) is 77.8 Å². The number of nitrogens with zero attached hydrogens (tertiary/aromatic N) is 2. The summed E-state index contributed by atoms with van der Waals surface area (Å²) < 4.78 is 13.2. The summed E-state index contributed by atoms with van der Waals surface area (Å²) in [6, 6.07) is 27.6. The van der Waals surface area contributed by atoms with Gasteiger partial charge in [0.1, 0.15) is 0 Å². The maximum absolute atomic E-state index is 13.7. The third kappa shape index (κ3) is 3.99. The van der Waals surface area contributed by atoms with Crippen LogP contribution in [0.2, 0.25) is 0 Å². The monoisotopic (exact) mass is 453 g/mol. The molecule has 34 heavy (non-hydrogen) atoms. The van der Waals surface area contributed by atoms with E-state index in [2.05, 4.69) is 28.1 Å². The fourth-order valence-corrected chi connectivity index (χ4v) is 4.59. The van der Waals surface area contributed by atoms with E-state index >= 15 is 0 Å². The van der Waals surface area contributed by atoms with Crippen LogP contribution in [0.3, 0.4) is 0 Å². The number of rotatable bonds is 5. The van der Waals surface area contributed by atoms with Crippen LogP contribution >= 0.6 is 0 Å². The Kier molecular flexibility index (Phi) is 5.95. The Morgan fingerprint density at radius 1 is 0.912 bits per heavy atom. The number of urea groups is 1. The number of hydrogen-bond acceptors (Lipinski definition) is 3. The van der Waals surface area contributed by atoms with Crippen molar-refractivity contribution in [2.24, 2.45) is 0 Å².